The number of aliphatic hydroxyl groups is 2. The minimum atomic E-state index is -1.37. The van der Waals surface area contributed by atoms with Gasteiger partial charge in [-0.15, -0.1) is 0 Å². The Morgan fingerprint density at radius 2 is 2.10 bits per heavy atom. The monoisotopic (exact) mass is 392 g/mol. The van der Waals surface area contributed by atoms with Crippen LogP contribution < -0.4 is 4.74 Å². The summed E-state index contributed by atoms with van der Waals surface area (Å²) in [4.78, 5) is 4.39. The zero-order chi connectivity index (χ0) is 20.7. The molecule has 1 aromatic heterocycles. The van der Waals surface area contributed by atoms with Crippen LogP contribution in [0.4, 0.5) is 0 Å². The van der Waals surface area contributed by atoms with Gasteiger partial charge in [-0.05, 0) is 80.3 Å². The predicted octanol–water partition coefficient (Wildman–Crippen LogP) is 3.63. The van der Waals surface area contributed by atoms with Gasteiger partial charge in [0.2, 0.25) is 0 Å². The second-order valence-electron chi connectivity index (χ2n) is 8.74. The van der Waals surface area contributed by atoms with Gasteiger partial charge < -0.3 is 14.9 Å². The normalized spacial score (nSPS) is 33.3. The molecule has 152 valence electrons. The molecule has 4 unspecified atom stereocenters. The van der Waals surface area contributed by atoms with Crippen LogP contribution in [0, 0.1) is 17.2 Å². The third-order valence-corrected chi connectivity index (χ3v) is 7.27. The fourth-order valence-electron chi connectivity index (χ4n) is 5.76. The summed E-state index contributed by atoms with van der Waals surface area (Å²) >= 11 is 0. The van der Waals surface area contributed by atoms with Crippen LogP contribution in [0.3, 0.4) is 0 Å². The Bertz CT molecular complexity index is 937. The molecule has 2 aliphatic rings. The molecule has 0 saturated heterocycles. The van der Waals surface area contributed by atoms with Crippen LogP contribution in [-0.2, 0) is 17.4 Å². The highest BCUT2D eigenvalue weighted by Crippen LogP contribution is 2.59. The van der Waals surface area contributed by atoms with Gasteiger partial charge in [-0.25, -0.2) is 0 Å². The van der Waals surface area contributed by atoms with Gasteiger partial charge >= 0.3 is 0 Å². The number of fused-ring (bicyclic) bond motifs is 3. The van der Waals surface area contributed by atoms with Gasteiger partial charge in [0.15, 0.2) is 6.61 Å². The summed E-state index contributed by atoms with van der Waals surface area (Å²) in [5.74, 6) is 0.959. The van der Waals surface area contributed by atoms with Crippen molar-refractivity contribution < 1.29 is 14.9 Å². The van der Waals surface area contributed by atoms with Crippen molar-refractivity contribution in [1.29, 1.82) is 5.26 Å². The number of ether oxygens (including phenoxy) is 1. The van der Waals surface area contributed by atoms with Crippen molar-refractivity contribution in [3.63, 3.8) is 0 Å². The molecule has 5 heteroatoms. The fraction of sp³-hybridized carbons (Fsp3) is 0.500. The predicted molar refractivity (Wildman–Crippen MR) is 109 cm³/mol. The molecular weight excluding hydrogens is 364 g/mol. The quantitative estimate of drug-likeness (QED) is 0.830. The molecule has 0 amide bonds. The molecule has 4 rings (SSSR count). The molecule has 1 saturated carbocycles. The van der Waals surface area contributed by atoms with E-state index in [1.54, 1.807) is 13.1 Å². The maximum atomic E-state index is 11.6. The van der Waals surface area contributed by atoms with Crippen LogP contribution in [0.1, 0.15) is 56.4 Å². The largest absolute Gasteiger partial charge is 0.479 e. The Hall–Kier alpha value is -2.42. The molecule has 2 N–H and O–H groups in total. The molecular formula is C24H28N2O3. The van der Waals surface area contributed by atoms with Crippen molar-refractivity contribution in [2.45, 2.75) is 62.6 Å². The molecule has 1 heterocycles. The Labute approximate surface area is 172 Å². The number of nitriles is 1. The van der Waals surface area contributed by atoms with Gasteiger partial charge in [0, 0.05) is 11.6 Å². The average Bonchev–Trinajstić information content (AvgIpc) is 2.73. The summed E-state index contributed by atoms with van der Waals surface area (Å²) in [6, 6.07) is 13.5. The highest BCUT2D eigenvalue weighted by molar-refractivity contribution is 5.45. The molecule has 0 radical (unpaired) electrons. The summed E-state index contributed by atoms with van der Waals surface area (Å²) in [5.41, 5.74) is 0.122. The van der Waals surface area contributed by atoms with Crippen LogP contribution in [-0.4, -0.2) is 27.4 Å². The van der Waals surface area contributed by atoms with Gasteiger partial charge in [-0.3, -0.25) is 4.98 Å². The first-order valence-electron chi connectivity index (χ1n) is 10.4. The highest BCUT2D eigenvalue weighted by atomic mass is 16.5. The molecule has 2 aromatic rings. The molecule has 1 fully saturated rings. The zero-order valence-electron chi connectivity index (χ0n) is 17.1. The van der Waals surface area contributed by atoms with Crippen molar-refractivity contribution in [2.75, 3.05) is 6.61 Å². The first kappa shape index (κ1) is 19.9. The summed E-state index contributed by atoms with van der Waals surface area (Å²) in [6.45, 7) is 3.95. The molecule has 1 aromatic carbocycles. The Balaban J connectivity index is 1.75. The first-order chi connectivity index (χ1) is 13.9. The van der Waals surface area contributed by atoms with Gasteiger partial charge in [0.05, 0.1) is 11.3 Å². The molecule has 4 atom stereocenters. The number of pyridine rings is 1. The lowest BCUT2D eigenvalue weighted by atomic mass is 9.49. The first-order valence-corrected chi connectivity index (χ1v) is 10.4. The molecule has 0 spiro atoms. The van der Waals surface area contributed by atoms with Crippen LogP contribution in [0.25, 0.3) is 0 Å². The van der Waals surface area contributed by atoms with E-state index in [9.17, 15) is 10.2 Å². The standard InChI is InChI=1S/C24H28N2O3/c1-3-23-16-22(2,27)24(28,21-6-4-5-12-26-21)15-18(23)8-7-17-14-19(29-13-11-25)9-10-20(17)23/h4-6,9-10,12,14,18,27-28H,3,7-8,13,15-16H2,1-2H3. The van der Waals surface area contributed by atoms with Gasteiger partial charge in [-0.2, -0.15) is 5.26 Å². The van der Waals surface area contributed by atoms with E-state index in [-0.39, 0.29) is 17.9 Å². The van der Waals surface area contributed by atoms with E-state index in [2.05, 4.69) is 18.0 Å². The van der Waals surface area contributed by atoms with Gasteiger partial charge in [0.25, 0.3) is 0 Å². The van der Waals surface area contributed by atoms with Gasteiger partial charge in [-0.1, -0.05) is 19.1 Å². The maximum Gasteiger partial charge on any atom is 0.174 e. The topological polar surface area (TPSA) is 86.4 Å². The number of aromatic nitrogens is 1. The van der Waals surface area contributed by atoms with Crippen LogP contribution in [0.15, 0.2) is 42.6 Å². The minimum absolute atomic E-state index is 0.0339. The zero-order valence-corrected chi connectivity index (χ0v) is 17.1. The number of nitrogens with zero attached hydrogens (tertiary/aromatic N) is 2. The lowest BCUT2D eigenvalue weighted by Crippen LogP contribution is -2.62. The Morgan fingerprint density at radius 3 is 2.79 bits per heavy atom. The number of hydrogen-bond donors (Lipinski definition) is 2. The lowest BCUT2D eigenvalue weighted by molar-refractivity contribution is -0.207. The van der Waals surface area contributed by atoms with E-state index in [0.717, 1.165) is 19.3 Å². The number of hydrogen-bond acceptors (Lipinski definition) is 5. The van der Waals surface area contributed by atoms with E-state index in [1.165, 1.54) is 11.1 Å². The highest BCUT2D eigenvalue weighted by Gasteiger charge is 2.61. The average molecular weight is 392 g/mol. The van der Waals surface area contributed by atoms with E-state index in [1.807, 2.05) is 36.4 Å². The summed E-state index contributed by atoms with van der Waals surface area (Å²) in [5, 5.41) is 31.9. The second kappa shape index (κ2) is 7.12. The van der Waals surface area contributed by atoms with E-state index in [0.29, 0.717) is 24.3 Å². The smallest absolute Gasteiger partial charge is 0.174 e. The molecule has 2 aliphatic carbocycles. The van der Waals surface area contributed by atoms with Gasteiger partial charge in [0.1, 0.15) is 17.4 Å². The van der Waals surface area contributed by atoms with Crippen LogP contribution in [0.2, 0.25) is 0 Å². The number of aryl methyl sites for hydroxylation is 1. The number of benzene rings is 1. The van der Waals surface area contributed by atoms with Crippen molar-refractivity contribution >= 4 is 0 Å². The van der Waals surface area contributed by atoms with Crippen molar-refractivity contribution in [3.8, 4) is 11.8 Å². The Morgan fingerprint density at radius 1 is 1.28 bits per heavy atom. The fourth-order valence-corrected chi connectivity index (χ4v) is 5.76. The van der Waals surface area contributed by atoms with Crippen molar-refractivity contribution in [1.82, 2.24) is 4.98 Å². The van der Waals surface area contributed by atoms with Crippen molar-refractivity contribution in [3.05, 3.63) is 59.4 Å². The van der Waals surface area contributed by atoms with Crippen LogP contribution in [0.5, 0.6) is 5.75 Å². The number of rotatable bonds is 4. The molecule has 5 nitrogen and oxygen atoms in total. The third-order valence-electron chi connectivity index (χ3n) is 7.27. The van der Waals surface area contributed by atoms with E-state index >= 15 is 0 Å². The molecule has 29 heavy (non-hydrogen) atoms. The van der Waals surface area contributed by atoms with E-state index in [4.69, 9.17) is 10.00 Å². The van der Waals surface area contributed by atoms with Crippen molar-refractivity contribution in [2.24, 2.45) is 5.92 Å². The summed E-state index contributed by atoms with van der Waals surface area (Å²) in [6.07, 6.45) is 5.35. The van der Waals surface area contributed by atoms with Crippen LogP contribution >= 0.6 is 0 Å². The maximum absolute atomic E-state index is 11.6. The second-order valence-corrected chi connectivity index (χ2v) is 8.74. The molecule has 0 aliphatic heterocycles. The minimum Gasteiger partial charge on any atom is -0.479 e. The summed E-state index contributed by atoms with van der Waals surface area (Å²) in [7, 11) is 0. The molecule has 0 bridgehead atoms. The third kappa shape index (κ3) is 3.02. The van der Waals surface area contributed by atoms with E-state index < -0.39 is 11.2 Å². The SMILES string of the molecule is CCC12CC(C)(O)C(O)(c3ccccn3)CC1CCc1cc(OCC#N)ccc12. The lowest BCUT2D eigenvalue weighted by Gasteiger charge is -2.58. The summed E-state index contributed by atoms with van der Waals surface area (Å²) < 4.78 is 5.50. The Kier molecular flexibility index (Phi) is 4.88.